The maximum absolute atomic E-state index is 12.8. The van der Waals surface area contributed by atoms with Gasteiger partial charge < -0.3 is 29.4 Å². The average molecular weight is 541 g/mol. The van der Waals surface area contributed by atoms with Crippen molar-refractivity contribution in [2.45, 2.75) is 0 Å². The van der Waals surface area contributed by atoms with Gasteiger partial charge in [0.25, 0.3) is 0 Å². The van der Waals surface area contributed by atoms with Gasteiger partial charge in [-0.25, -0.2) is 0 Å². The molecule has 3 nitrogen and oxygen atoms in total. The molecular weight excluding hydrogens is 508 g/mol. The van der Waals surface area contributed by atoms with Crippen LogP contribution in [-0.4, -0.2) is 32.0 Å². The summed E-state index contributed by atoms with van der Waals surface area (Å²) in [6.07, 6.45) is 7.34. The van der Waals surface area contributed by atoms with E-state index in [2.05, 4.69) is 48.2 Å². The van der Waals surface area contributed by atoms with Crippen molar-refractivity contribution in [2.75, 3.05) is 36.0 Å². The Labute approximate surface area is 223 Å². The Balaban J connectivity index is 0. The fourth-order valence-electron chi connectivity index (χ4n) is 2.85. The molecule has 0 aromatic heterocycles. The van der Waals surface area contributed by atoms with Gasteiger partial charge in [-0.2, -0.15) is 0 Å². The van der Waals surface area contributed by atoms with Crippen LogP contribution in [0.4, 0.5) is 11.4 Å². The first-order valence-electron chi connectivity index (χ1n) is 9.16. The van der Waals surface area contributed by atoms with Gasteiger partial charge in [0.15, 0.2) is 0 Å². The smallest absolute Gasteiger partial charge is 0.404 e. The third-order valence-electron chi connectivity index (χ3n) is 4.21. The first-order chi connectivity index (χ1) is 13.6. The van der Waals surface area contributed by atoms with E-state index in [-0.39, 0.29) is 62.4 Å². The summed E-state index contributed by atoms with van der Waals surface area (Å²) < 4.78 is 0. The molecule has 0 aliphatic heterocycles. The minimum Gasteiger partial charge on any atom is -0.404 e. The van der Waals surface area contributed by atoms with E-state index >= 15 is 0 Å². The van der Waals surface area contributed by atoms with Crippen molar-refractivity contribution >= 4 is 17.2 Å². The molecule has 0 fully saturated rings. The molecule has 0 heterocycles. The quantitative estimate of drug-likeness (QED) is 0.194. The number of hydrogen-bond donors (Lipinski definition) is 0. The predicted octanol–water partition coefficient (Wildman–Crippen LogP) is 5.78. The largest absolute Gasteiger partial charge is 4.00 e. The Morgan fingerprint density at radius 2 is 1.03 bits per heavy atom. The van der Waals surface area contributed by atoms with E-state index in [1.54, 1.807) is 12.1 Å². The van der Waals surface area contributed by atoms with Crippen LogP contribution in [-0.2, 0) is 0 Å². The molecule has 0 spiro atoms. The zero-order valence-electron chi connectivity index (χ0n) is 18.7. The fourth-order valence-corrected chi connectivity index (χ4v) is 2.85. The summed E-state index contributed by atoms with van der Waals surface area (Å²) in [6.45, 7) is 17.9. The van der Waals surface area contributed by atoms with Crippen LogP contribution in [0.15, 0.2) is 87.0 Å². The van der Waals surface area contributed by atoms with Gasteiger partial charge >= 0.3 is 41.7 Å². The number of nitrogens with zero attached hydrogens (tertiary/aromatic N) is 2. The number of ketones is 1. The molecule has 0 unspecified atom stereocenters. The van der Waals surface area contributed by atoms with Gasteiger partial charge in [-0.3, -0.25) is 0 Å². The molecule has 0 aliphatic rings. The Bertz CT molecular complexity index is 736. The van der Waals surface area contributed by atoms with Crippen LogP contribution in [0.1, 0.15) is 15.9 Å². The summed E-state index contributed by atoms with van der Waals surface area (Å²) in [5, 5.41) is 0. The summed E-state index contributed by atoms with van der Waals surface area (Å²) in [5.41, 5.74) is 2.97. The molecule has 4 heteroatoms. The first kappa shape index (κ1) is 31.2. The van der Waals surface area contributed by atoms with Crippen molar-refractivity contribution in [3.05, 3.63) is 125 Å². The van der Waals surface area contributed by atoms with E-state index in [9.17, 15) is 4.79 Å². The van der Waals surface area contributed by atoms with Crippen LogP contribution in [0.3, 0.4) is 0 Å². The second kappa shape index (κ2) is 16.7. The maximum atomic E-state index is 12.8. The van der Waals surface area contributed by atoms with Crippen molar-refractivity contribution in [3.63, 3.8) is 0 Å². The summed E-state index contributed by atoms with van der Waals surface area (Å²) >= 11 is 0. The molecule has 0 saturated carbocycles. The van der Waals surface area contributed by atoms with Crippen molar-refractivity contribution in [2.24, 2.45) is 0 Å². The fraction of sp³-hybridized carbons (Fsp3) is 0.148. The predicted molar refractivity (Wildman–Crippen MR) is 132 cm³/mol. The van der Waals surface area contributed by atoms with Gasteiger partial charge in [0.2, 0.25) is 0 Å². The molecule has 2 rings (SSSR count). The van der Waals surface area contributed by atoms with Crippen LogP contribution < -0.4 is 9.80 Å². The second-order valence-electron chi connectivity index (χ2n) is 6.21. The average Bonchev–Trinajstić information content (AvgIpc) is 2.73. The monoisotopic (exact) mass is 540 g/mol. The van der Waals surface area contributed by atoms with Crippen molar-refractivity contribution in [3.8, 4) is 0 Å². The number of carbonyl (C=O) groups excluding carboxylic acids is 1. The van der Waals surface area contributed by atoms with E-state index in [1.807, 2.05) is 48.6 Å². The molecule has 0 saturated heterocycles. The second-order valence-corrected chi connectivity index (χ2v) is 6.21. The molecule has 2 aromatic carbocycles. The zero-order valence-corrected chi connectivity index (χ0v) is 21.9. The van der Waals surface area contributed by atoms with E-state index in [0.717, 1.165) is 11.4 Å². The molecule has 0 amide bonds. The zero-order chi connectivity index (χ0) is 20.4. The summed E-state index contributed by atoms with van der Waals surface area (Å²) in [5.74, 6) is -0.101. The Hall–Kier alpha value is -1.95. The minimum atomic E-state index is -0.101. The molecular formula is C27H32CeN2O. The minimum absolute atomic E-state index is 0. The van der Waals surface area contributed by atoms with Gasteiger partial charge in [0.05, 0.1) is 5.78 Å². The Morgan fingerprint density at radius 1 is 0.710 bits per heavy atom. The van der Waals surface area contributed by atoms with Crippen LogP contribution in [0, 0.1) is 68.7 Å². The number of rotatable bonds is 12. The third kappa shape index (κ3) is 8.97. The van der Waals surface area contributed by atoms with Crippen LogP contribution in [0.25, 0.3) is 0 Å². The molecule has 0 bridgehead atoms. The van der Waals surface area contributed by atoms with Crippen LogP contribution >= 0.6 is 0 Å². The molecule has 0 atom stereocenters. The normalized spacial score (nSPS) is 9.03. The van der Waals surface area contributed by atoms with E-state index in [4.69, 9.17) is 0 Å². The molecule has 0 radical (unpaired) electrons. The van der Waals surface area contributed by atoms with Crippen LogP contribution in [0.2, 0.25) is 0 Å². The van der Waals surface area contributed by atoms with Crippen molar-refractivity contribution < 1.29 is 46.5 Å². The third-order valence-corrected chi connectivity index (χ3v) is 4.21. The van der Waals surface area contributed by atoms with Gasteiger partial charge in [-0.05, 0) is 11.4 Å². The van der Waals surface area contributed by atoms with Gasteiger partial charge in [0.1, 0.15) is 0 Å². The molecule has 0 aliphatic carbocycles. The summed E-state index contributed by atoms with van der Waals surface area (Å²) in [4.78, 5) is 17.0. The molecule has 31 heavy (non-hydrogen) atoms. The van der Waals surface area contributed by atoms with E-state index < -0.39 is 0 Å². The van der Waals surface area contributed by atoms with Crippen LogP contribution in [0.5, 0.6) is 0 Å². The summed E-state index contributed by atoms with van der Waals surface area (Å²) in [6, 6.07) is 17.3. The first-order valence-corrected chi connectivity index (χ1v) is 9.16. The van der Waals surface area contributed by atoms with E-state index in [0.29, 0.717) is 37.3 Å². The standard InChI is InChI=1S/C25H26N2O.2CH3.Ce/c1-5-17-26(18-6-2)23-13-9-21(10-14-23)25(28)22-11-15-24(16-12-22)27(19-7-3)20-8-4;;;/h5-9,11,13-16H,1-4,17-20H2;2*1H3;/q-2;2*-1;+4. The number of carbonyl (C=O) groups is 1. The number of hydrogen-bond acceptors (Lipinski definition) is 3. The number of anilines is 2. The van der Waals surface area contributed by atoms with Gasteiger partial charge in [-0.1, -0.05) is 24.3 Å². The maximum Gasteiger partial charge on any atom is 4.00 e. The molecule has 0 N–H and O–H groups in total. The SMILES string of the molecule is C=CCN(CC=C)c1c[c-]c(C(=O)c2[c-]cc(N(CC=C)CC=C)cc2)cc1.[CH3-].[CH3-].[Ce+4]. The topological polar surface area (TPSA) is 23.6 Å². The summed E-state index contributed by atoms with van der Waals surface area (Å²) in [7, 11) is 0. The number of benzene rings is 2. The van der Waals surface area contributed by atoms with Crippen molar-refractivity contribution in [1.29, 1.82) is 0 Å². The van der Waals surface area contributed by atoms with Crippen molar-refractivity contribution in [1.82, 2.24) is 0 Å². The molecule has 2 aromatic rings. The Kier molecular flexibility index (Phi) is 16.8. The van der Waals surface area contributed by atoms with Gasteiger partial charge in [-0.15, -0.1) is 86.0 Å². The van der Waals surface area contributed by atoms with E-state index in [1.165, 1.54) is 0 Å². The van der Waals surface area contributed by atoms with Gasteiger partial charge in [0, 0.05) is 26.2 Å². The molecule has 160 valence electrons. The Morgan fingerprint density at radius 3 is 1.26 bits per heavy atom.